The van der Waals surface area contributed by atoms with Gasteiger partial charge >= 0.3 is 0 Å². The second-order valence-corrected chi connectivity index (χ2v) is 3.46. The molecule has 0 radical (unpaired) electrons. The second-order valence-electron chi connectivity index (χ2n) is 3.46. The summed E-state index contributed by atoms with van der Waals surface area (Å²) < 4.78 is 10.5. The summed E-state index contributed by atoms with van der Waals surface area (Å²) in [4.78, 5) is 10.7. The molecule has 2 N–H and O–H groups in total. The van der Waals surface area contributed by atoms with E-state index < -0.39 is 5.91 Å². The number of carbonyl (C=O) groups excluding carboxylic acids is 1. The zero-order valence-corrected chi connectivity index (χ0v) is 10.3. The zero-order valence-electron chi connectivity index (χ0n) is 10.3. The SMILES string of the molecule is CCc1c(C=CC(N)=O)ccc(OC)c1OC. The summed E-state index contributed by atoms with van der Waals surface area (Å²) in [7, 11) is 3.19. The minimum atomic E-state index is -0.471. The van der Waals surface area contributed by atoms with Crippen LogP contribution in [0, 0.1) is 0 Å². The summed E-state index contributed by atoms with van der Waals surface area (Å²) in [5.74, 6) is 0.907. The largest absolute Gasteiger partial charge is 0.493 e. The Labute approximate surface area is 101 Å². The normalized spacial score (nSPS) is 10.5. The summed E-state index contributed by atoms with van der Waals surface area (Å²) in [6.07, 6.45) is 3.79. The molecule has 0 aliphatic rings. The van der Waals surface area contributed by atoms with Gasteiger partial charge in [-0.15, -0.1) is 0 Å². The van der Waals surface area contributed by atoms with Crippen LogP contribution in [0.5, 0.6) is 11.5 Å². The topological polar surface area (TPSA) is 61.6 Å². The number of ether oxygens (including phenoxy) is 2. The molecule has 0 saturated heterocycles. The third-order valence-corrected chi connectivity index (χ3v) is 2.47. The molecule has 4 heteroatoms. The van der Waals surface area contributed by atoms with Crippen LogP contribution in [0.2, 0.25) is 0 Å². The van der Waals surface area contributed by atoms with E-state index in [0.717, 1.165) is 17.5 Å². The second kappa shape index (κ2) is 5.94. The molecule has 0 aromatic heterocycles. The molecule has 1 aromatic rings. The number of amides is 1. The number of hydrogen-bond acceptors (Lipinski definition) is 3. The van der Waals surface area contributed by atoms with Gasteiger partial charge in [-0.3, -0.25) is 4.79 Å². The van der Waals surface area contributed by atoms with Crippen LogP contribution in [0.3, 0.4) is 0 Å². The van der Waals surface area contributed by atoms with Crippen LogP contribution in [0.25, 0.3) is 6.08 Å². The van der Waals surface area contributed by atoms with Crippen LogP contribution in [0.15, 0.2) is 18.2 Å². The van der Waals surface area contributed by atoms with Crippen molar-refractivity contribution in [1.82, 2.24) is 0 Å². The third kappa shape index (κ3) is 3.00. The molecule has 0 atom stereocenters. The first-order valence-corrected chi connectivity index (χ1v) is 5.35. The van der Waals surface area contributed by atoms with Crippen molar-refractivity contribution in [1.29, 1.82) is 0 Å². The van der Waals surface area contributed by atoms with Crippen LogP contribution in [0.4, 0.5) is 0 Å². The highest BCUT2D eigenvalue weighted by Crippen LogP contribution is 2.34. The van der Waals surface area contributed by atoms with E-state index in [9.17, 15) is 4.79 Å². The van der Waals surface area contributed by atoms with Crippen LogP contribution in [-0.4, -0.2) is 20.1 Å². The van der Waals surface area contributed by atoms with Gasteiger partial charge in [0.05, 0.1) is 14.2 Å². The van der Waals surface area contributed by atoms with E-state index in [1.54, 1.807) is 26.4 Å². The summed E-state index contributed by atoms with van der Waals surface area (Å²) in [5.41, 5.74) is 6.97. The molecular weight excluding hydrogens is 218 g/mol. The van der Waals surface area contributed by atoms with E-state index in [1.807, 2.05) is 13.0 Å². The maximum absolute atomic E-state index is 10.7. The molecule has 0 fully saturated rings. The maximum Gasteiger partial charge on any atom is 0.241 e. The fourth-order valence-electron chi connectivity index (χ4n) is 1.70. The predicted molar refractivity (Wildman–Crippen MR) is 67.2 cm³/mol. The number of hydrogen-bond donors (Lipinski definition) is 1. The average Bonchev–Trinajstić information content (AvgIpc) is 2.34. The molecule has 17 heavy (non-hydrogen) atoms. The first kappa shape index (κ1) is 13.1. The lowest BCUT2D eigenvalue weighted by Crippen LogP contribution is -2.05. The van der Waals surface area contributed by atoms with Crippen LogP contribution >= 0.6 is 0 Å². The lowest BCUT2D eigenvalue weighted by molar-refractivity contribution is -0.113. The van der Waals surface area contributed by atoms with Gasteiger partial charge in [0, 0.05) is 11.6 Å². The molecule has 0 aliphatic carbocycles. The average molecular weight is 235 g/mol. The molecule has 0 unspecified atom stereocenters. The Morgan fingerprint density at radius 3 is 2.53 bits per heavy atom. The number of primary amides is 1. The molecule has 0 spiro atoms. The number of rotatable bonds is 5. The van der Waals surface area contributed by atoms with Crippen molar-refractivity contribution in [3.63, 3.8) is 0 Å². The number of benzene rings is 1. The summed E-state index contributed by atoms with van der Waals surface area (Å²) >= 11 is 0. The molecule has 92 valence electrons. The highest BCUT2D eigenvalue weighted by molar-refractivity contribution is 5.90. The molecule has 0 aliphatic heterocycles. The summed E-state index contributed by atoms with van der Waals surface area (Å²) in [6.45, 7) is 2.01. The standard InChI is InChI=1S/C13H17NO3/c1-4-10-9(6-8-12(14)15)5-7-11(16-2)13(10)17-3/h5-8H,4H2,1-3H3,(H2,14,15). The maximum atomic E-state index is 10.7. The highest BCUT2D eigenvalue weighted by Gasteiger charge is 2.11. The Morgan fingerprint density at radius 1 is 1.35 bits per heavy atom. The van der Waals surface area contributed by atoms with Crippen LogP contribution < -0.4 is 15.2 Å². The molecule has 1 amide bonds. The highest BCUT2D eigenvalue weighted by atomic mass is 16.5. The number of nitrogens with two attached hydrogens (primary N) is 1. The van der Waals surface area contributed by atoms with Crippen LogP contribution in [-0.2, 0) is 11.2 Å². The predicted octanol–water partition coefficient (Wildman–Crippen LogP) is 1.76. The summed E-state index contributed by atoms with van der Waals surface area (Å²) in [5, 5.41) is 0. The van der Waals surface area contributed by atoms with Crippen molar-refractivity contribution in [3.8, 4) is 11.5 Å². The van der Waals surface area contributed by atoms with E-state index in [4.69, 9.17) is 15.2 Å². The fourth-order valence-corrected chi connectivity index (χ4v) is 1.70. The molecule has 0 heterocycles. The van der Waals surface area contributed by atoms with Crippen molar-refractivity contribution in [2.45, 2.75) is 13.3 Å². The van der Waals surface area contributed by atoms with Gasteiger partial charge in [0.15, 0.2) is 11.5 Å². The van der Waals surface area contributed by atoms with Crippen LogP contribution in [0.1, 0.15) is 18.1 Å². The molecule has 0 bridgehead atoms. The summed E-state index contributed by atoms with van der Waals surface area (Å²) in [6, 6.07) is 3.68. The van der Waals surface area contributed by atoms with Gasteiger partial charge in [0.25, 0.3) is 0 Å². The molecule has 1 aromatic carbocycles. The third-order valence-electron chi connectivity index (χ3n) is 2.47. The van der Waals surface area contributed by atoms with Crippen molar-refractivity contribution in [2.75, 3.05) is 14.2 Å². The monoisotopic (exact) mass is 235 g/mol. The Bertz CT molecular complexity index is 439. The molecule has 4 nitrogen and oxygen atoms in total. The van der Waals surface area contributed by atoms with Crippen molar-refractivity contribution in [2.24, 2.45) is 5.73 Å². The minimum Gasteiger partial charge on any atom is -0.493 e. The lowest BCUT2D eigenvalue weighted by atomic mass is 10.0. The first-order valence-electron chi connectivity index (χ1n) is 5.35. The first-order chi connectivity index (χ1) is 8.13. The van der Waals surface area contributed by atoms with E-state index in [2.05, 4.69) is 0 Å². The van der Waals surface area contributed by atoms with Gasteiger partial charge in [0.2, 0.25) is 5.91 Å². The van der Waals surface area contributed by atoms with Gasteiger partial charge in [-0.2, -0.15) is 0 Å². The quantitative estimate of drug-likeness (QED) is 0.791. The van der Waals surface area contributed by atoms with Gasteiger partial charge in [-0.1, -0.05) is 13.0 Å². The Balaban J connectivity index is 3.28. The zero-order chi connectivity index (χ0) is 12.8. The van der Waals surface area contributed by atoms with E-state index in [0.29, 0.717) is 11.5 Å². The van der Waals surface area contributed by atoms with E-state index in [-0.39, 0.29) is 0 Å². The smallest absolute Gasteiger partial charge is 0.241 e. The van der Waals surface area contributed by atoms with Gasteiger partial charge in [-0.05, 0) is 24.1 Å². The van der Waals surface area contributed by atoms with Gasteiger partial charge in [-0.25, -0.2) is 0 Å². The van der Waals surface area contributed by atoms with E-state index >= 15 is 0 Å². The molecular formula is C13H17NO3. The minimum absolute atomic E-state index is 0.471. The molecule has 0 saturated carbocycles. The van der Waals surface area contributed by atoms with Gasteiger partial charge < -0.3 is 15.2 Å². The van der Waals surface area contributed by atoms with Crippen molar-refractivity contribution < 1.29 is 14.3 Å². The number of carbonyl (C=O) groups is 1. The Kier molecular flexibility index (Phi) is 4.57. The van der Waals surface area contributed by atoms with Crippen molar-refractivity contribution in [3.05, 3.63) is 29.3 Å². The van der Waals surface area contributed by atoms with Gasteiger partial charge in [0.1, 0.15) is 0 Å². The lowest BCUT2D eigenvalue weighted by Gasteiger charge is -2.14. The Hall–Kier alpha value is -1.97. The fraction of sp³-hybridized carbons (Fsp3) is 0.308. The van der Waals surface area contributed by atoms with Crippen molar-refractivity contribution >= 4 is 12.0 Å². The number of methoxy groups -OCH3 is 2. The molecule has 1 rings (SSSR count). The van der Waals surface area contributed by atoms with E-state index in [1.165, 1.54) is 6.08 Å². The Morgan fingerprint density at radius 2 is 2.06 bits per heavy atom.